The van der Waals surface area contributed by atoms with E-state index >= 15 is 0 Å². The van der Waals surface area contributed by atoms with Gasteiger partial charge in [-0.05, 0) is 51.0 Å². The maximum Gasteiger partial charge on any atom is 0.193 e. The summed E-state index contributed by atoms with van der Waals surface area (Å²) in [7, 11) is -1.32. The van der Waals surface area contributed by atoms with Crippen molar-refractivity contribution in [3.05, 3.63) is 35.0 Å². The van der Waals surface area contributed by atoms with Crippen molar-refractivity contribution >= 4 is 26.7 Å². The molecule has 1 aliphatic rings. The quantitative estimate of drug-likeness (QED) is 0.623. The van der Waals surface area contributed by atoms with Crippen LogP contribution in [0.1, 0.15) is 30.7 Å². The van der Waals surface area contributed by atoms with Gasteiger partial charge in [0.2, 0.25) is 0 Å². The van der Waals surface area contributed by atoms with E-state index in [9.17, 15) is 8.42 Å². The van der Waals surface area contributed by atoms with Crippen LogP contribution in [0, 0.1) is 13.8 Å². The Hall–Kier alpha value is -2.02. The number of hydrogen-bond donors (Lipinski definition) is 2. The smallest absolute Gasteiger partial charge is 0.193 e. The van der Waals surface area contributed by atoms with Gasteiger partial charge in [0.15, 0.2) is 15.8 Å². The van der Waals surface area contributed by atoms with Crippen molar-refractivity contribution in [2.45, 2.75) is 39.0 Å². The molecule has 0 saturated carbocycles. The van der Waals surface area contributed by atoms with E-state index in [2.05, 4.69) is 47.3 Å². The molecule has 0 spiro atoms. The van der Waals surface area contributed by atoms with Crippen LogP contribution >= 0.6 is 0 Å². The Morgan fingerprint density at radius 3 is 2.73 bits per heavy atom. The number of nitrogens with zero attached hydrogens (tertiary/aromatic N) is 2. The van der Waals surface area contributed by atoms with Crippen LogP contribution in [-0.2, 0) is 16.4 Å². The lowest BCUT2D eigenvalue weighted by Gasteiger charge is -2.39. The molecule has 0 amide bonds. The highest BCUT2D eigenvalue weighted by Crippen LogP contribution is 2.24. The second kappa shape index (κ2) is 6.61. The number of aromatic nitrogens is 1. The lowest BCUT2D eigenvalue weighted by molar-refractivity contribution is 0.353. The number of aromatic amines is 1. The Morgan fingerprint density at radius 2 is 2.08 bits per heavy atom. The molecule has 3 rings (SSSR count). The topological polar surface area (TPSA) is 77.6 Å². The van der Waals surface area contributed by atoms with Crippen LogP contribution in [0.3, 0.4) is 0 Å². The highest BCUT2D eigenvalue weighted by Gasteiger charge is 2.40. The van der Waals surface area contributed by atoms with E-state index in [1.165, 1.54) is 22.2 Å². The maximum atomic E-state index is 12.2. The number of aryl methyl sites for hydroxylation is 2. The van der Waals surface area contributed by atoms with Gasteiger partial charge in [0.25, 0.3) is 0 Å². The number of H-pyrrole nitrogens is 1. The second-order valence-electron chi connectivity index (χ2n) is 7.66. The maximum absolute atomic E-state index is 12.2. The molecule has 0 atom stereocenters. The van der Waals surface area contributed by atoms with Crippen molar-refractivity contribution in [3.63, 3.8) is 0 Å². The molecule has 2 aromatic rings. The number of nitrogens with one attached hydrogen (secondary N) is 2. The molecular formula is C19H28N4O2S. The lowest BCUT2D eigenvalue weighted by Crippen LogP contribution is -2.57. The summed E-state index contributed by atoms with van der Waals surface area (Å²) in [5, 5.41) is 4.62. The molecule has 2 heterocycles. The zero-order chi connectivity index (χ0) is 19.1. The number of aliphatic imine (C=N–C) groups is 1. The zero-order valence-corrected chi connectivity index (χ0v) is 17.0. The first kappa shape index (κ1) is 18.8. The van der Waals surface area contributed by atoms with Gasteiger partial charge in [-0.3, -0.25) is 4.99 Å². The monoisotopic (exact) mass is 376 g/mol. The van der Waals surface area contributed by atoms with Crippen LogP contribution in [0.4, 0.5) is 0 Å². The molecule has 1 aromatic heterocycles. The van der Waals surface area contributed by atoms with Crippen molar-refractivity contribution in [2.75, 3.05) is 25.9 Å². The minimum atomic E-state index is -3.06. The number of guanidine groups is 1. The average molecular weight is 377 g/mol. The van der Waals surface area contributed by atoms with Crippen molar-refractivity contribution in [1.82, 2.24) is 15.2 Å². The zero-order valence-electron chi connectivity index (χ0n) is 16.2. The molecule has 0 unspecified atom stereocenters. The number of fused-ring (bicyclic) bond motifs is 1. The summed E-state index contributed by atoms with van der Waals surface area (Å²) in [4.78, 5) is 9.78. The van der Waals surface area contributed by atoms with Gasteiger partial charge in [-0.2, -0.15) is 0 Å². The Bertz CT molecular complexity index is 957. The van der Waals surface area contributed by atoms with Crippen LogP contribution < -0.4 is 5.32 Å². The van der Waals surface area contributed by atoms with Gasteiger partial charge < -0.3 is 15.2 Å². The lowest BCUT2D eigenvalue weighted by atomic mass is 10.1. The summed E-state index contributed by atoms with van der Waals surface area (Å²) in [6.07, 6.45) is 0. The largest absolute Gasteiger partial charge is 0.358 e. The fourth-order valence-electron chi connectivity index (χ4n) is 3.46. The van der Waals surface area contributed by atoms with Crippen LogP contribution in [0.5, 0.6) is 0 Å². The molecule has 6 nitrogen and oxygen atoms in total. The predicted octanol–water partition coefficient (Wildman–Crippen LogP) is 2.37. The molecule has 1 aromatic carbocycles. The van der Waals surface area contributed by atoms with Gasteiger partial charge in [0.05, 0.1) is 10.5 Å². The van der Waals surface area contributed by atoms with E-state index in [-0.39, 0.29) is 5.75 Å². The van der Waals surface area contributed by atoms with Crippen LogP contribution in [0.15, 0.2) is 23.2 Å². The van der Waals surface area contributed by atoms with E-state index in [1.807, 2.05) is 4.90 Å². The summed E-state index contributed by atoms with van der Waals surface area (Å²) >= 11 is 0. The molecule has 0 aliphatic carbocycles. The molecule has 1 fully saturated rings. The predicted molar refractivity (Wildman–Crippen MR) is 107 cm³/mol. The summed E-state index contributed by atoms with van der Waals surface area (Å²) in [6.45, 7) is 9.35. The van der Waals surface area contributed by atoms with Crippen LogP contribution in [-0.4, -0.2) is 54.9 Å². The van der Waals surface area contributed by atoms with Crippen molar-refractivity contribution in [2.24, 2.45) is 4.99 Å². The van der Waals surface area contributed by atoms with Gasteiger partial charge >= 0.3 is 0 Å². The molecule has 142 valence electrons. The molecule has 0 radical (unpaired) electrons. The first-order valence-corrected chi connectivity index (χ1v) is 10.6. The van der Waals surface area contributed by atoms with Crippen molar-refractivity contribution < 1.29 is 8.42 Å². The van der Waals surface area contributed by atoms with Gasteiger partial charge in [-0.1, -0.05) is 6.07 Å². The first-order valence-electron chi connectivity index (χ1n) is 8.90. The highest BCUT2D eigenvalue weighted by atomic mass is 32.2. The Labute approximate surface area is 155 Å². The number of benzene rings is 1. The van der Waals surface area contributed by atoms with Crippen LogP contribution in [0.2, 0.25) is 0 Å². The van der Waals surface area contributed by atoms with Gasteiger partial charge in [0, 0.05) is 43.3 Å². The van der Waals surface area contributed by atoms with Crippen molar-refractivity contribution in [3.8, 4) is 0 Å². The molecule has 2 N–H and O–H groups in total. The first-order chi connectivity index (χ1) is 12.1. The third-order valence-electron chi connectivity index (χ3n) is 5.38. The normalized spacial score (nSPS) is 19.7. The Morgan fingerprint density at radius 1 is 1.35 bits per heavy atom. The van der Waals surface area contributed by atoms with E-state index in [0.29, 0.717) is 19.6 Å². The molecular weight excluding hydrogens is 348 g/mol. The third-order valence-corrected chi connectivity index (χ3v) is 7.91. The van der Waals surface area contributed by atoms with E-state index in [0.717, 1.165) is 11.5 Å². The van der Waals surface area contributed by atoms with Crippen molar-refractivity contribution in [1.29, 1.82) is 0 Å². The van der Waals surface area contributed by atoms with E-state index < -0.39 is 14.6 Å². The molecule has 1 aliphatic heterocycles. The standard InChI is InChI=1S/C19H28N4O2S/c1-13-14(2)22-17-7-6-15(10-16(13)17)11-21-18(20-5)23-8-9-26(24,25)19(3,4)12-23/h6-7,10,22H,8-9,11-12H2,1-5H3,(H,20,21). The van der Waals surface area contributed by atoms with Crippen LogP contribution in [0.25, 0.3) is 10.9 Å². The Balaban J connectivity index is 1.73. The summed E-state index contributed by atoms with van der Waals surface area (Å²) in [5.74, 6) is 0.907. The summed E-state index contributed by atoms with van der Waals surface area (Å²) in [6, 6.07) is 6.40. The molecule has 1 saturated heterocycles. The summed E-state index contributed by atoms with van der Waals surface area (Å²) in [5.41, 5.74) is 4.78. The second-order valence-corrected chi connectivity index (χ2v) is 10.4. The number of sulfone groups is 1. The fourth-order valence-corrected chi connectivity index (χ4v) is 4.82. The van der Waals surface area contributed by atoms with E-state index in [4.69, 9.17) is 0 Å². The molecule has 7 heteroatoms. The highest BCUT2D eigenvalue weighted by molar-refractivity contribution is 7.92. The SMILES string of the molecule is CN=C(NCc1ccc2[nH]c(C)c(C)c2c1)N1CCS(=O)(=O)C(C)(C)C1. The average Bonchev–Trinajstić information content (AvgIpc) is 2.86. The fraction of sp³-hybridized carbons (Fsp3) is 0.526. The minimum absolute atomic E-state index is 0.161. The van der Waals surface area contributed by atoms with Gasteiger partial charge in [-0.15, -0.1) is 0 Å². The molecule has 26 heavy (non-hydrogen) atoms. The van der Waals surface area contributed by atoms with Gasteiger partial charge in [0.1, 0.15) is 0 Å². The summed E-state index contributed by atoms with van der Waals surface area (Å²) < 4.78 is 23.7. The Kier molecular flexibility index (Phi) is 4.77. The van der Waals surface area contributed by atoms with E-state index in [1.54, 1.807) is 20.9 Å². The number of hydrogen-bond acceptors (Lipinski definition) is 3. The third kappa shape index (κ3) is 3.32. The molecule has 0 bridgehead atoms. The minimum Gasteiger partial charge on any atom is -0.358 e. The number of rotatable bonds is 2. The van der Waals surface area contributed by atoms with Gasteiger partial charge in [-0.25, -0.2) is 8.42 Å².